The molecular weight excluding hydrogens is 226 g/mol. The molecule has 0 aliphatic carbocycles. The van der Waals surface area contributed by atoms with Gasteiger partial charge in [0.1, 0.15) is 5.75 Å². The summed E-state index contributed by atoms with van der Waals surface area (Å²) in [5, 5.41) is 12.2. The maximum absolute atomic E-state index is 11.5. The highest BCUT2D eigenvalue weighted by atomic mass is 35.5. The number of carbonyl (C=O) groups is 1. The summed E-state index contributed by atoms with van der Waals surface area (Å²) in [6, 6.07) is 3.26. The Labute approximate surface area is 100 Å². The number of hydrogen-bond donors (Lipinski definition) is 2. The third-order valence-corrected chi connectivity index (χ3v) is 2.59. The molecule has 0 spiro atoms. The van der Waals surface area contributed by atoms with Gasteiger partial charge in [-0.3, -0.25) is 4.79 Å². The molecule has 0 unspecified atom stereocenters. The zero-order chi connectivity index (χ0) is 12.1. The molecule has 1 rings (SSSR count). The number of aromatic hydroxyl groups is 1. The predicted octanol–water partition coefficient (Wildman–Crippen LogP) is 2.97. The first-order chi connectivity index (χ1) is 7.54. The van der Waals surface area contributed by atoms with E-state index in [9.17, 15) is 9.90 Å². The van der Waals surface area contributed by atoms with Crippen molar-refractivity contribution in [2.75, 3.05) is 11.2 Å². The minimum Gasteiger partial charge on any atom is -0.508 e. The maximum Gasteiger partial charge on any atom is 0.224 e. The van der Waals surface area contributed by atoms with Crippen LogP contribution in [0.4, 0.5) is 5.69 Å². The molecule has 0 saturated heterocycles. The number of benzene rings is 1. The van der Waals surface area contributed by atoms with Crippen molar-refractivity contribution in [3.05, 3.63) is 23.3 Å². The van der Waals surface area contributed by atoms with Gasteiger partial charge in [-0.05, 0) is 43.5 Å². The molecule has 0 heterocycles. The molecule has 16 heavy (non-hydrogen) atoms. The largest absolute Gasteiger partial charge is 0.508 e. The lowest BCUT2D eigenvalue weighted by atomic mass is 10.1. The number of anilines is 1. The summed E-state index contributed by atoms with van der Waals surface area (Å²) in [7, 11) is 0. The summed E-state index contributed by atoms with van der Waals surface area (Å²) in [5.41, 5.74) is 2.49. The van der Waals surface area contributed by atoms with Gasteiger partial charge in [-0.1, -0.05) is 0 Å². The Morgan fingerprint density at radius 1 is 1.38 bits per heavy atom. The van der Waals surface area contributed by atoms with Gasteiger partial charge in [-0.25, -0.2) is 0 Å². The molecular formula is C12H16ClNO2. The molecule has 1 amide bonds. The van der Waals surface area contributed by atoms with Crippen LogP contribution in [-0.2, 0) is 4.79 Å². The summed E-state index contributed by atoms with van der Waals surface area (Å²) in [4.78, 5) is 11.5. The first kappa shape index (κ1) is 12.8. The van der Waals surface area contributed by atoms with E-state index >= 15 is 0 Å². The van der Waals surface area contributed by atoms with Crippen molar-refractivity contribution in [2.24, 2.45) is 0 Å². The molecule has 1 aromatic carbocycles. The van der Waals surface area contributed by atoms with Crippen molar-refractivity contribution in [3.63, 3.8) is 0 Å². The van der Waals surface area contributed by atoms with Crippen LogP contribution in [0, 0.1) is 13.8 Å². The number of phenols is 1. The summed E-state index contributed by atoms with van der Waals surface area (Å²) in [6.07, 6.45) is 1.09. The number of halogens is 1. The van der Waals surface area contributed by atoms with Crippen molar-refractivity contribution in [1.29, 1.82) is 0 Å². The van der Waals surface area contributed by atoms with Gasteiger partial charge in [-0.2, -0.15) is 0 Å². The Balaban J connectivity index is 2.77. The Morgan fingerprint density at radius 2 is 1.94 bits per heavy atom. The number of aryl methyl sites for hydroxylation is 2. The van der Waals surface area contributed by atoms with E-state index in [1.807, 2.05) is 13.8 Å². The summed E-state index contributed by atoms with van der Waals surface area (Å²) >= 11 is 5.52. The summed E-state index contributed by atoms with van der Waals surface area (Å²) < 4.78 is 0. The van der Waals surface area contributed by atoms with E-state index in [2.05, 4.69) is 5.32 Å². The Morgan fingerprint density at radius 3 is 2.44 bits per heavy atom. The zero-order valence-corrected chi connectivity index (χ0v) is 10.3. The smallest absolute Gasteiger partial charge is 0.224 e. The highest BCUT2D eigenvalue weighted by molar-refractivity contribution is 6.18. The van der Waals surface area contributed by atoms with E-state index in [0.717, 1.165) is 16.8 Å². The lowest BCUT2D eigenvalue weighted by Gasteiger charge is -2.11. The molecule has 0 radical (unpaired) electrons. The first-order valence-electron chi connectivity index (χ1n) is 5.20. The van der Waals surface area contributed by atoms with E-state index in [0.29, 0.717) is 18.7 Å². The molecule has 2 N–H and O–H groups in total. The molecule has 88 valence electrons. The number of rotatable bonds is 4. The van der Waals surface area contributed by atoms with E-state index in [4.69, 9.17) is 11.6 Å². The van der Waals surface area contributed by atoms with Crippen LogP contribution in [-0.4, -0.2) is 16.9 Å². The molecule has 1 aromatic rings. The number of nitrogens with one attached hydrogen (secondary N) is 1. The van der Waals surface area contributed by atoms with Crippen molar-refractivity contribution in [3.8, 4) is 5.75 Å². The summed E-state index contributed by atoms with van der Waals surface area (Å²) in [6.45, 7) is 3.70. The van der Waals surface area contributed by atoms with Crippen LogP contribution in [0.2, 0.25) is 0 Å². The Bertz CT molecular complexity index is 368. The van der Waals surface area contributed by atoms with Crippen LogP contribution < -0.4 is 5.32 Å². The topological polar surface area (TPSA) is 49.3 Å². The molecule has 0 fully saturated rings. The maximum atomic E-state index is 11.5. The van der Waals surface area contributed by atoms with Crippen LogP contribution in [0.3, 0.4) is 0 Å². The third kappa shape index (κ3) is 3.42. The number of hydrogen-bond acceptors (Lipinski definition) is 2. The van der Waals surface area contributed by atoms with E-state index < -0.39 is 0 Å². The van der Waals surface area contributed by atoms with Gasteiger partial charge in [0, 0.05) is 18.0 Å². The fraction of sp³-hybridized carbons (Fsp3) is 0.417. The van der Waals surface area contributed by atoms with Crippen molar-refractivity contribution in [2.45, 2.75) is 26.7 Å². The van der Waals surface area contributed by atoms with Crippen LogP contribution in [0.15, 0.2) is 12.1 Å². The highest BCUT2D eigenvalue weighted by Gasteiger charge is 2.08. The van der Waals surface area contributed by atoms with E-state index in [-0.39, 0.29) is 11.7 Å². The van der Waals surface area contributed by atoms with Crippen LogP contribution >= 0.6 is 11.6 Å². The predicted molar refractivity (Wildman–Crippen MR) is 66.2 cm³/mol. The molecule has 0 aromatic heterocycles. The van der Waals surface area contributed by atoms with Crippen molar-refractivity contribution in [1.82, 2.24) is 0 Å². The average Bonchev–Trinajstić information content (AvgIpc) is 2.20. The third-order valence-electron chi connectivity index (χ3n) is 2.32. The van der Waals surface area contributed by atoms with Gasteiger partial charge in [0.15, 0.2) is 0 Å². The molecule has 0 bridgehead atoms. The van der Waals surface area contributed by atoms with E-state index in [1.54, 1.807) is 12.1 Å². The molecule has 3 nitrogen and oxygen atoms in total. The average molecular weight is 242 g/mol. The monoisotopic (exact) mass is 241 g/mol. The molecule has 0 aliphatic heterocycles. The quantitative estimate of drug-likeness (QED) is 0.629. The molecule has 0 aliphatic rings. The van der Waals surface area contributed by atoms with Gasteiger partial charge in [0.25, 0.3) is 0 Å². The van der Waals surface area contributed by atoms with Gasteiger partial charge < -0.3 is 10.4 Å². The first-order valence-corrected chi connectivity index (χ1v) is 5.74. The highest BCUT2D eigenvalue weighted by Crippen LogP contribution is 2.25. The van der Waals surface area contributed by atoms with Crippen LogP contribution in [0.5, 0.6) is 5.75 Å². The fourth-order valence-electron chi connectivity index (χ4n) is 1.57. The molecule has 0 atom stereocenters. The van der Waals surface area contributed by atoms with Crippen molar-refractivity contribution >= 4 is 23.2 Å². The standard InChI is InChI=1S/C12H16ClNO2/c1-8-6-10(15)7-9(2)12(8)14-11(16)4-3-5-13/h6-7,15H,3-5H2,1-2H3,(H,14,16). The van der Waals surface area contributed by atoms with Gasteiger partial charge in [0.05, 0.1) is 0 Å². The number of carbonyl (C=O) groups excluding carboxylic acids is 1. The number of alkyl halides is 1. The molecule has 4 heteroatoms. The summed E-state index contributed by atoms with van der Waals surface area (Å²) in [5.74, 6) is 0.660. The second-order valence-electron chi connectivity index (χ2n) is 3.80. The number of phenolic OH excluding ortho intramolecular Hbond substituents is 1. The normalized spacial score (nSPS) is 10.2. The molecule has 0 saturated carbocycles. The minimum atomic E-state index is -0.0439. The van der Waals surface area contributed by atoms with Gasteiger partial charge in [-0.15, -0.1) is 11.6 Å². The lowest BCUT2D eigenvalue weighted by molar-refractivity contribution is -0.116. The fourth-order valence-corrected chi connectivity index (χ4v) is 1.70. The van der Waals surface area contributed by atoms with E-state index in [1.165, 1.54) is 0 Å². The minimum absolute atomic E-state index is 0.0439. The SMILES string of the molecule is Cc1cc(O)cc(C)c1NC(=O)CCCCl. The van der Waals surface area contributed by atoms with Gasteiger partial charge in [0.2, 0.25) is 5.91 Å². The van der Waals surface area contributed by atoms with Crippen molar-refractivity contribution < 1.29 is 9.90 Å². The second kappa shape index (κ2) is 5.75. The van der Waals surface area contributed by atoms with Crippen LogP contribution in [0.1, 0.15) is 24.0 Å². The number of amides is 1. The second-order valence-corrected chi connectivity index (χ2v) is 4.17. The Hall–Kier alpha value is -1.22. The van der Waals surface area contributed by atoms with Crippen LogP contribution in [0.25, 0.3) is 0 Å². The Kier molecular flexibility index (Phi) is 4.62. The lowest BCUT2D eigenvalue weighted by Crippen LogP contribution is -2.13. The van der Waals surface area contributed by atoms with Gasteiger partial charge >= 0.3 is 0 Å². The zero-order valence-electron chi connectivity index (χ0n) is 9.51.